The highest BCUT2D eigenvalue weighted by molar-refractivity contribution is 5.86. The summed E-state index contributed by atoms with van der Waals surface area (Å²) in [5.74, 6) is 0.667. The maximum atomic E-state index is 13.4. The lowest BCUT2D eigenvalue weighted by molar-refractivity contribution is -0.131. The minimum atomic E-state index is -0.664. The minimum Gasteiger partial charge on any atom is -0.497 e. The Morgan fingerprint density at radius 1 is 1.10 bits per heavy atom. The van der Waals surface area contributed by atoms with E-state index < -0.39 is 23.4 Å². The number of hydrogen-bond donors (Lipinski definition) is 2. The summed E-state index contributed by atoms with van der Waals surface area (Å²) in [7, 11) is 1.60. The number of carbonyl (C=O) groups is 2. The van der Waals surface area contributed by atoms with Crippen LogP contribution in [-0.2, 0) is 22.5 Å². The molecule has 1 fully saturated rings. The van der Waals surface area contributed by atoms with Gasteiger partial charge in [0.25, 0.3) is 6.01 Å². The van der Waals surface area contributed by atoms with Crippen molar-refractivity contribution in [2.45, 2.75) is 65.1 Å². The van der Waals surface area contributed by atoms with E-state index in [1.165, 1.54) is 0 Å². The van der Waals surface area contributed by atoms with Gasteiger partial charge in [0.15, 0.2) is 0 Å². The molecule has 0 spiro atoms. The smallest absolute Gasteiger partial charge is 0.407 e. The summed E-state index contributed by atoms with van der Waals surface area (Å²) >= 11 is 0. The van der Waals surface area contributed by atoms with Gasteiger partial charge in [-0.05, 0) is 75.4 Å². The molecule has 1 atom stereocenters. The van der Waals surface area contributed by atoms with Gasteiger partial charge in [-0.25, -0.2) is 9.59 Å². The summed E-state index contributed by atoms with van der Waals surface area (Å²) in [6, 6.07) is 10.3. The topological polar surface area (TPSA) is 123 Å². The molecule has 0 saturated carbocycles. The Morgan fingerprint density at radius 3 is 2.44 bits per heavy atom. The first-order chi connectivity index (χ1) is 18.5. The van der Waals surface area contributed by atoms with E-state index >= 15 is 0 Å². The van der Waals surface area contributed by atoms with Crippen molar-refractivity contribution in [2.24, 2.45) is 0 Å². The van der Waals surface area contributed by atoms with Gasteiger partial charge >= 0.3 is 11.7 Å². The van der Waals surface area contributed by atoms with E-state index in [4.69, 9.17) is 13.9 Å². The predicted molar refractivity (Wildman–Crippen MR) is 148 cm³/mol. The Kier molecular flexibility index (Phi) is 8.42. The molecule has 2 aromatic carbocycles. The van der Waals surface area contributed by atoms with Gasteiger partial charge in [-0.1, -0.05) is 18.2 Å². The van der Waals surface area contributed by atoms with E-state index in [-0.39, 0.29) is 18.5 Å². The van der Waals surface area contributed by atoms with E-state index in [0.29, 0.717) is 36.0 Å². The molecule has 0 radical (unpaired) electrons. The number of carbonyl (C=O) groups excluding carboxylic acids is 2. The molecule has 0 unspecified atom stereocenters. The molecule has 208 valence electrons. The number of hydrogen-bond acceptors (Lipinski definition) is 8. The van der Waals surface area contributed by atoms with Crippen molar-refractivity contribution in [3.8, 4) is 5.75 Å². The Hall–Kier alpha value is -4.08. The first kappa shape index (κ1) is 27.9. The van der Waals surface area contributed by atoms with Crippen LogP contribution in [0, 0.1) is 6.92 Å². The van der Waals surface area contributed by atoms with Gasteiger partial charge in [0, 0.05) is 26.1 Å². The van der Waals surface area contributed by atoms with Gasteiger partial charge < -0.3 is 29.4 Å². The van der Waals surface area contributed by atoms with Crippen LogP contribution in [0.15, 0.2) is 45.6 Å². The number of alkyl carbamates (subject to hydrolysis) is 1. The molecule has 1 aromatic heterocycles. The van der Waals surface area contributed by atoms with Crippen LogP contribution in [0.3, 0.4) is 0 Å². The molecule has 1 saturated heterocycles. The normalized spacial score (nSPS) is 14.2. The van der Waals surface area contributed by atoms with Crippen LogP contribution < -0.4 is 21.0 Å². The molecule has 1 aliphatic rings. The number of benzene rings is 2. The number of aromatic nitrogens is 1. The largest absolute Gasteiger partial charge is 0.497 e. The number of likely N-dealkylation sites (tertiary alicyclic amines) is 1. The van der Waals surface area contributed by atoms with Crippen LogP contribution in [0.1, 0.15) is 50.3 Å². The van der Waals surface area contributed by atoms with E-state index in [0.717, 1.165) is 29.7 Å². The summed E-state index contributed by atoms with van der Waals surface area (Å²) in [6.07, 6.45) is 1.78. The Bertz CT molecular complexity index is 1390. The van der Waals surface area contributed by atoms with Crippen molar-refractivity contribution in [3.63, 3.8) is 0 Å². The molecule has 10 nitrogen and oxygen atoms in total. The second-order valence-corrected chi connectivity index (χ2v) is 10.7. The third-order valence-electron chi connectivity index (χ3n) is 6.61. The number of rotatable bonds is 8. The molecule has 2 amide bonds. The fourth-order valence-corrected chi connectivity index (χ4v) is 4.60. The zero-order chi connectivity index (χ0) is 28.2. The van der Waals surface area contributed by atoms with Crippen LogP contribution in [-0.4, -0.2) is 53.7 Å². The van der Waals surface area contributed by atoms with Crippen LogP contribution in [0.4, 0.5) is 10.8 Å². The SMILES string of the molecule is COc1ccc(C[C@H](Nc2nc3ccc(CNC(=O)OC(C)(C)C)c(C)c3c(=O)o2)C(=O)N2CCCC2)cc1. The fraction of sp³-hybridized carbons (Fsp3) is 0.448. The minimum absolute atomic E-state index is 0.0161. The molecular weight excluding hydrogens is 500 g/mol. The standard InChI is InChI=1S/C29H36N4O6/c1-18-20(17-30-28(36)39-29(2,3)4)10-13-22-24(18)26(35)38-27(31-22)32-23(25(34)33-14-6-7-15-33)16-19-8-11-21(37-5)12-9-19/h8-13,23H,6-7,14-17H2,1-5H3,(H,30,36)(H,31,32)/t23-/m0/s1. The van der Waals surface area contributed by atoms with E-state index in [2.05, 4.69) is 15.6 Å². The summed E-state index contributed by atoms with van der Waals surface area (Å²) < 4.78 is 16.1. The van der Waals surface area contributed by atoms with Crippen LogP contribution in [0.2, 0.25) is 0 Å². The zero-order valence-corrected chi connectivity index (χ0v) is 23.1. The average Bonchev–Trinajstić information content (AvgIpc) is 3.42. The number of aryl methyl sites for hydroxylation is 1. The second kappa shape index (κ2) is 11.8. The molecular formula is C29H36N4O6. The maximum Gasteiger partial charge on any atom is 0.407 e. The fourth-order valence-electron chi connectivity index (χ4n) is 4.60. The van der Waals surface area contributed by atoms with E-state index in [1.807, 2.05) is 29.2 Å². The molecule has 39 heavy (non-hydrogen) atoms. The molecule has 10 heteroatoms. The van der Waals surface area contributed by atoms with Crippen molar-refractivity contribution in [3.05, 3.63) is 63.5 Å². The van der Waals surface area contributed by atoms with Gasteiger partial charge in [0.05, 0.1) is 18.0 Å². The Labute approximate surface area is 227 Å². The second-order valence-electron chi connectivity index (χ2n) is 10.7. The number of nitrogens with one attached hydrogen (secondary N) is 2. The summed E-state index contributed by atoms with van der Waals surface area (Å²) in [5.41, 5.74) is 1.57. The first-order valence-electron chi connectivity index (χ1n) is 13.1. The number of ether oxygens (including phenoxy) is 2. The molecule has 2 N–H and O–H groups in total. The highest BCUT2D eigenvalue weighted by atomic mass is 16.6. The van der Waals surface area contributed by atoms with Crippen molar-refractivity contribution >= 4 is 28.9 Å². The van der Waals surface area contributed by atoms with Gasteiger partial charge in [-0.15, -0.1) is 0 Å². The van der Waals surface area contributed by atoms with Crippen LogP contribution in [0.25, 0.3) is 10.9 Å². The predicted octanol–water partition coefficient (Wildman–Crippen LogP) is 4.18. The van der Waals surface area contributed by atoms with Crippen molar-refractivity contribution in [1.29, 1.82) is 0 Å². The van der Waals surface area contributed by atoms with Crippen molar-refractivity contribution in [1.82, 2.24) is 15.2 Å². The number of methoxy groups -OCH3 is 1. The van der Waals surface area contributed by atoms with E-state index in [1.54, 1.807) is 46.9 Å². The van der Waals surface area contributed by atoms with Crippen molar-refractivity contribution < 1.29 is 23.5 Å². The quantitative estimate of drug-likeness (QED) is 0.440. The number of nitrogens with zero attached hydrogens (tertiary/aromatic N) is 2. The lowest BCUT2D eigenvalue weighted by Gasteiger charge is -2.24. The third-order valence-corrected chi connectivity index (χ3v) is 6.61. The van der Waals surface area contributed by atoms with Gasteiger partial charge in [0.2, 0.25) is 5.91 Å². The molecule has 2 heterocycles. The lowest BCUT2D eigenvalue weighted by Crippen LogP contribution is -2.43. The number of anilines is 1. The summed E-state index contributed by atoms with van der Waals surface area (Å²) in [6.45, 7) is 8.74. The van der Waals surface area contributed by atoms with Crippen LogP contribution >= 0.6 is 0 Å². The Morgan fingerprint density at radius 2 is 1.79 bits per heavy atom. The third kappa shape index (κ3) is 7.07. The first-order valence-corrected chi connectivity index (χ1v) is 13.1. The van der Waals surface area contributed by atoms with Gasteiger partial charge in [0.1, 0.15) is 17.4 Å². The highest BCUT2D eigenvalue weighted by Gasteiger charge is 2.28. The molecule has 0 aliphatic carbocycles. The van der Waals surface area contributed by atoms with Gasteiger partial charge in [-0.2, -0.15) is 4.98 Å². The molecule has 4 rings (SSSR count). The average molecular weight is 537 g/mol. The lowest BCUT2D eigenvalue weighted by atomic mass is 10.0. The maximum absolute atomic E-state index is 13.4. The number of amides is 2. The molecule has 0 bridgehead atoms. The van der Waals surface area contributed by atoms with Crippen LogP contribution in [0.5, 0.6) is 5.75 Å². The zero-order valence-electron chi connectivity index (χ0n) is 23.1. The molecule has 1 aliphatic heterocycles. The summed E-state index contributed by atoms with van der Waals surface area (Å²) in [5, 5.41) is 6.12. The van der Waals surface area contributed by atoms with Crippen molar-refractivity contribution in [2.75, 3.05) is 25.5 Å². The molecule has 3 aromatic rings. The summed E-state index contributed by atoms with van der Waals surface area (Å²) in [4.78, 5) is 44.9. The van der Waals surface area contributed by atoms with Gasteiger partial charge in [-0.3, -0.25) is 4.79 Å². The Balaban J connectivity index is 1.56. The monoisotopic (exact) mass is 536 g/mol. The number of fused-ring (bicyclic) bond motifs is 1. The highest BCUT2D eigenvalue weighted by Crippen LogP contribution is 2.22. The van der Waals surface area contributed by atoms with E-state index in [9.17, 15) is 14.4 Å².